The largest absolute Gasteiger partial charge is 0.486 e. The molecule has 0 spiro atoms. The molecule has 1 aliphatic rings. The third kappa shape index (κ3) is 5.23. The first-order valence-electron chi connectivity index (χ1n) is 10.7. The Bertz CT molecular complexity index is 1290. The van der Waals surface area contributed by atoms with Gasteiger partial charge in [0, 0.05) is 23.9 Å². The Hall–Kier alpha value is -3.79. The molecule has 0 saturated carbocycles. The number of ether oxygens (including phenoxy) is 2. The summed E-state index contributed by atoms with van der Waals surface area (Å²) in [6, 6.07) is 14.5. The average Bonchev–Trinajstić information content (AvgIpc) is 3.30. The summed E-state index contributed by atoms with van der Waals surface area (Å²) in [4.78, 5) is 27.1. The van der Waals surface area contributed by atoms with Gasteiger partial charge < -0.3 is 24.1 Å². The highest BCUT2D eigenvalue weighted by atomic mass is 32.2. The van der Waals surface area contributed by atoms with Crippen LogP contribution in [0.3, 0.4) is 0 Å². The van der Waals surface area contributed by atoms with E-state index in [2.05, 4.69) is 5.32 Å². The number of hydrogen-bond acceptors (Lipinski definition) is 7. The molecule has 0 fully saturated rings. The van der Waals surface area contributed by atoms with Crippen LogP contribution in [0.1, 0.15) is 23.0 Å². The van der Waals surface area contributed by atoms with E-state index < -0.39 is 27.4 Å². The first-order chi connectivity index (χ1) is 16.4. The van der Waals surface area contributed by atoms with E-state index in [1.54, 1.807) is 43.3 Å². The van der Waals surface area contributed by atoms with Crippen LogP contribution in [0.2, 0.25) is 0 Å². The number of furan rings is 1. The summed E-state index contributed by atoms with van der Waals surface area (Å²) in [6.07, 6.45) is 1.27. The second-order valence-corrected chi connectivity index (χ2v) is 9.56. The number of carbonyl (C=O) groups is 2. The van der Waals surface area contributed by atoms with E-state index in [4.69, 9.17) is 13.9 Å². The summed E-state index contributed by atoms with van der Waals surface area (Å²) in [5, 5.41) is 2.74. The van der Waals surface area contributed by atoms with Crippen LogP contribution in [-0.4, -0.2) is 51.4 Å². The van der Waals surface area contributed by atoms with Gasteiger partial charge in [-0.1, -0.05) is 18.2 Å². The summed E-state index contributed by atoms with van der Waals surface area (Å²) >= 11 is 0. The van der Waals surface area contributed by atoms with E-state index in [9.17, 15) is 18.0 Å². The Labute approximate surface area is 197 Å². The van der Waals surface area contributed by atoms with Crippen molar-refractivity contribution in [2.45, 2.75) is 17.6 Å². The summed E-state index contributed by atoms with van der Waals surface area (Å²) in [5.74, 6) is -0.346. The first kappa shape index (κ1) is 23.4. The number of likely N-dealkylation sites (N-methyl/N-ethyl adjacent to an activating group) is 1. The Kier molecular flexibility index (Phi) is 6.87. The van der Waals surface area contributed by atoms with Crippen molar-refractivity contribution in [1.82, 2.24) is 4.90 Å². The maximum atomic E-state index is 13.1. The fourth-order valence-electron chi connectivity index (χ4n) is 3.52. The number of amides is 2. The number of sulfone groups is 1. The van der Waals surface area contributed by atoms with Gasteiger partial charge in [0.25, 0.3) is 5.91 Å². The Balaban J connectivity index is 1.44. The van der Waals surface area contributed by atoms with Crippen molar-refractivity contribution < 1.29 is 31.9 Å². The SMILES string of the molecule is CCN(CC(=O)Nc1ccc2c(c1)OCCO2)C(=O)c1occc1CS(=O)(=O)c1ccccc1. The number of rotatable bonds is 8. The Morgan fingerprint density at radius 3 is 2.47 bits per heavy atom. The molecule has 1 aliphatic heterocycles. The van der Waals surface area contributed by atoms with Crippen molar-refractivity contribution in [2.24, 2.45) is 0 Å². The highest BCUT2D eigenvalue weighted by molar-refractivity contribution is 7.90. The molecule has 2 amide bonds. The third-order valence-electron chi connectivity index (χ3n) is 5.22. The molecule has 0 saturated heterocycles. The lowest BCUT2D eigenvalue weighted by atomic mass is 10.2. The number of fused-ring (bicyclic) bond motifs is 1. The number of nitrogens with zero attached hydrogens (tertiary/aromatic N) is 1. The number of carbonyl (C=O) groups excluding carboxylic acids is 2. The normalized spacial score (nSPS) is 12.7. The molecular formula is C24H24N2O7S. The summed E-state index contributed by atoms with van der Waals surface area (Å²) in [7, 11) is -3.68. The zero-order valence-electron chi connectivity index (χ0n) is 18.5. The van der Waals surface area contributed by atoms with Crippen LogP contribution in [0.5, 0.6) is 11.5 Å². The van der Waals surface area contributed by atoms with Gasteiger partial charge in [-0.25, -0.2) is 8.42 Å². The standard InChI is InChI=1S/C24H24N2O7S/c1-2-26(15-22(27)25-18-8-9-20-21(14-18)32-13-12-31-20)24(28)23-17(10-11-33-23)16-34(29,30)19-6-4-3-5-7-19/h3-11,14H,2,12-13,15-16H2,1H3,(H,25,27). The van der Waals surface area contributed by atoms with Crippen LogP contribution in [0.25, 0.3) is 0 Å². The molecule has 0 bridgehead atoms. The first-order valence-corrected chi connectivity index (χ1v) is 12.4. The van der Waals surface area contributed by atoms with Crippen LogP contribution in [0.15, 0.2) is 70.2 Å². The van der Waals surface area contributed by atoms with E-state index in [1.165, 1.54) is 29.4 Å². The monoisotopic (exact) mass is 484 g/mol. The maximum Gasteiger partial charge on any atom is 0.290 e. The number of anilines is 1. The van der Waals surface area contributed by atoms with Crippen LogP contribution < -0.4 is 14.8 Å². The highest BCUT2D eigenvalue weighted by Crippen LogP contribution is 2.32. The minimum atomic E-state index is -3.68. The second kappa shape index (κ2) is 10.0. The molecule has 2 aromatic carbocycles. The second-order valence-electron chi connectivity index (χ2n) is 7.57. The van der Waals surface area contributed by atoms with Crippen LogP contribution in [0, 0.1) is 0 Å². The van der Waals surface area contributed by atoms with Gasteiger partial charge in [-0.2, -0.15) is 0 Å². The zero-order chi connectivity index (χ0) is 24.1. The maximum absolute atomic E-state index is 13.1. The molecule has 4 rings (SSSR count). The van der Waals surface area contributed by atoms with E-state index >= 15 is 0 Å². The quantitative estimate of drug-likeness (QED) is 0.522. The van der Waals surface area contributed by atoms with E-state index in [0.717, 1.165) is 0 Å². The van der Waals surface area contributed by atoms with Gasteiger partial charge in [-0.15, -0.1) is 0 Å². The highest BCUT2D eigenvalue weighted by Gasteiger charge is 2.26. The van der Waals surface area contributed by atoms with Crippen LogP contribution >= 0.6 is 0 Å². The predicted molar refractivity (Wildman–Crippen MR) is 124 cm³/mol. The number of nitrogens with one attached hydrogen (secondary N) is 1. The molecule has 0 aliphatic carbocycles. The molecule has 3 aromatic rings. The smallest absolute Gasteiger partial charge is 0.290 e. The zero-order valence-corrected chi connectivity index (χ0v) is 19.3. The predicted octanol–water partition coefficient (Wildman–Crippen LogP) is 3.13. The summed E-state index contributed by atoms with van der Waals surface area (Å²) in [6.45, 7) is 2.59. The topological polar surface area (TPSA) is 115 Å². The fourth-order valence-corrected chi connectivity index (χ4v) is 4.89. The lowest BCUT2D eigenvalue weighted by Gasteiger charge is -2.21. The molecular weight excluding hydrogens is 460 g/mol. The van der Waals surface area contributed by atoms with Crippen molar-refractivity contribution in [3.8, 4) is 11.5 Å². The van der Waals surface area contributed by atoms with Crippen LogP contribution in [0.4, 0.5) is 5.69 Å². The Morgan fingerprint density at radius 2 is 1.74 bits per heavy atom. The van der Waals surface area contributed by atoms with Gasteiger partial charge >= 0.3 is 0 Å². The van der Waals surface area contributed by atoms with Crippen molar-refractivity contribution in [1.29, 1.82) is 0 Å². The molecule has 1 aromatic heterocycles. The lowest BCUT2D eigenvalue weighted by Crippen LogP contribution is -2.38. The molecule has 0 radical (unpaired) electrons. The van der Waals surface area contributed by atoms with E-state index in [1.807, 2.05) is 0 Å². The van der Waals surface area contributed by atoms with Gasteiger partial charge in [0.15, 0.2) is 27.1 Å². The average molecular weight is 485 g/mol. The molecule has 0 atom stereocenters. The molecule has 2 heterocycles. The van der Waals surface area contributed by atoms with Gasteiger partial charge in [0.1, 0.15) is 19.8 Å². The molecule has 1 N–H and O–H groups in total. The van der Waals surface area contributed by atoms with E-state index in [-0.39, 0.29) is 29.3 Å². The van der Waals surface area contributed by atoms with Gasteiger partial charge in [-0.3, -0.25) is 9.59 Å². The number of hydrogen-bond donors (Lipinski definition) is 1. The molecule has 178 valence electrons. The molecule has 10 heteroatoms. The van der Waals surface area contributed by atoms with Gasteiger partial charge in [-0.05, 0) is 37.3 Å². The summed E-state index contributed by atoms with van der Waals surface area (Å²) < 4.78 is 41.8. The Morgan fingerprint density at radius 1 is 1.00 bits per heavy atom. The lowest BCUT2D eigenvalue weighted by molar-refractivity contribution is -0.116. The molecule has 34 heavy (non-hydrogen) atoms. The third-order valence-corrected chi connectivity index (χ3v) is 6.90. The van der Waals surface area contributed by atoms with Gasteiger partial charge in [0.05, 0.1) is 16.9 Å². The summed E-state index contributed by atoms with van der Waals surface area (Å²) in [5.41, 5.74) is 0.741. The molecule has 0 unspecified atom stereocenters. The molecule has 9 nitrogen and oxygen atoms in total. The van der Waals surface area contributed by atoms with Crippen molar-refractivity contribution >= 4 is 27.3 Å². The minimum Gasteiger partial charge on any atom is -0.486 e. The fraction of sp³-hybridized carbons (Fsp3) is 0.250. The number of benzene rings is 2. The minimum absolute atomic E-state index is 0.103. The van der Waals surface area contributed by atoms with Crippen molar-refractivity contribution in [3.63, 3.8) is 0 Å². The van der Waals surface area contributed by atoms with Crippen molar-refractivity contribution in [2.75, 3.05) is 31.6 Å². The van der Waals surface area contributed by atoms with E-state index in [0.29, 0.717) is 30.4 Å². The van der Waals surface area contributed by atoms with Gasteiger partial charge in [0.2, 0.25) is 5.91 Å². The van der Waals surface area contributed by atoms with Crippen LogP contribution in [-0.2, 0) is 20.4 Å². The van der Waals surface area contributed by atoms with Crippen molar-refractivity contribution in [3.05, 3.63) is 72.2 Å².